The van der Waals surface area contributed by atoms with E-state index < -0.39 is 6.09 Å². The Balaban J connectivity index is 1.05. The van der Waals surface area contributed by atoms with Crippen molar-refractivity contribution in [1.82, 2.24) is 16.0 Å². The van der Waals surface area contributed by atoms with E-state index in [0.29, 0.717) is 39.0 Å². The zero-order valence-corrected chi connectivity index (χ0v) is 15.8. The van der Waals surface area contributed by atoms with Crippen LogP contribution in [0.25, 0.3) is 0 Å². The summed E-state index contributed by atoms with van der Waals surface area (Å²) in [6.45, 7) is 6.01. The summed E-state index contributed by atoms with van der Waals surface area (Å²) in [5.41, 5.74) is 0.965. The maximum atomic E-state index is 11.5. The van der Waals surface area contributed by atoms with Gasteiger partial charge >= 0.3 is 6.09 Å². The molecule has 1 unspecified atom stereocenters. The van der Waals surface area contributed by atoms with E-state index >= 15 is 0 Å². The molecule has 7 heteroatoms. The van der Waals surface area contributed by atoms with Gasteiger partial charge in [0.05, 0.1) is 26.4 Å². The Kier molecular flexibility index (Phi) is 8.35. The van der Waals surface area contributed by atoms with E-state index in [-0.39, 0.29) is 6.61 Å². The fourth-order valence-corrected chi connectivity index (χ4v) is 3.40. The molecule has 7 nitrogen and oxygen atoms in total. The molecule has 1 aliphatic heterocycles. The summed E-state index contributed by atoms with van der Waals surface area (Å²) >= 11 is 0. The van der Waals surface area contributed by atoms with Crippen LogP contribution in [0.15, 0.2) is 30.3 Å². The van der Waals surface area contributed by atoms with Gasteiger partial charge in [-0.25, -0.2) is 4.79 Å². The normalized spacial score (nSPS) is 23.0. The van der Waals surface area contributed by atoms with Crippen molar-refractivity contribution in [2.45, 2.75) is 19.1 Å². The molecule has 1 heterocycles. The van der Waals surface area contributed by atoms with E-state index in [0.717, 1.165) is 30.5 Å². The van der Waals surface area contributed by atoms with Gasteiger partial charge in [0, 0.05) is 25.7 Å². The largest absolute Gasteiger partial charge is 0.445 e. The molecule has 0 bridgehead atoms. The summed E-state index contributed by atoms with van der Waals surface area (Å²) < 4.78 is 16.1. The zero-order valence-electron chi connectivity index (χ0n) is 15.8. The molecule has 3 atom stereocenters. The van der Waals surface area contributed by atoms with Gasteiger partial charge in [-0.1, -0.05) is 30.3 Å². The zero-order chi connectivity index (χ0) is 18.7. The molecule has 1 aliphatic carbocycles. The highest BCUT2D eigenvalue weighted by Crippen LogP contribution is 2.44. The molecule has 1 saturated carbocycles. The molecule has 2 aliphatic rings. The number of benzene rings is 1. The average Bonchev–Trinajstić information content (AvgIpc) is 3.38. The summed E-state index contributed by atoms with van der Waals surface area (Å²) in [6, 6.07) is 10.2. The number of hydrogen-bond donors (Lipinski definition) is 3. The number of alkyl carbamates (subject to hydrolysis) is 1. The number of fused-ring (bicyclic) bond motifs is 1. The predicted octanol–water partition coefficient (Wildman–Crippen LogP) is 1.14. The first-order chi connectivity index (χ1) is 13.3. The third-order valence-electron chi connectivity index (χ3n) is 5.02. The summed E-state index contributed by atoms with van der Waals surface area (Å²) in [5.74, 6) is 1.86. The fourth-order valence-electron chi connectivity index (χ4n) is 3.40. The van der Waals surface area contributed by atoms with Crippen molar-refractivity contribution in [3.63, 3.8) is 0 Å². The number of hydrogen-bond acceptors (Lipinski definition) is 6. The van der Waals surface area contributed by atoms with Gasteiger partial charge in [0.2, 0.25) is 0 Å². The monoisotopic (exact) mass is 377 g/mol. The molecule has 1 saturated heterocycles. The van der Waals surface area contributed by atoms with Crippen LogP contribution < -0.4 is 16.0 Å². The Morgan fingerprint density at radius 2 is 1.85 bits per heavy atom. The van der Waals surface area contributed by atoms with E-state index in [2.05, 4.69) is 16.0 Å². The first-order valence-electron chi connectivity index (χ1n) is 9.87. The van der Waals surface area contributed by atoms with E-state index in [1.807, 2.05) is 30.3 Å². The van der Waals surface area contributed by atoms with Gasteiger partial charge in [0.15, 0.2) is 0 Å². The van der Waals surface area contributed by atoms with Gasteiger partial charge < -0.3 is 30.2 Å². The SMILES string of the molecule is O=C(NCCOCCOCCNC[C@H]1NC[C@@H]2CC21)OCc1ccccc1. The summed E-state index contributed by atoms with van der Waals surface area (Å²) in [6.07, 6.45) is 0.978. The molecule has 0 aromatic heterocycles. The maximum Gasteiger partial charge on any atom is 0.407 e. The second kappa shape index (κ2) is 11.2. The molecule has 0 spiro atoms. The number of piperidine rings is 1. The van der Waals surface area contributed by atoms with Crippen LogP contribution in [0.5, 0.6) is 0 Å². The van der Waals surface area contributed by atoms with Crippen LogP contribution in [-0.4, -0.2) is 64.7 Å². The number of carbonyl (C=O) groups excluding carboxylic acids is 1. The number of nitrogens with one attached hydrogen (secondary N) is 3. The van der Waals surface area contributed by atoms with Crippen LogP contribution >= 0.6 is 0 Å². The maximum absolute atomic E-state index is 11.5. The fraction of sp³-hybridized carbons (Fsp3) is 0.650. The minimum absolute atomic E-state index is 0.271. The minimum atomic E-state index is -0.431. The number of carbonyl (C=O) groups is 1. The van der Waals surface area contributed by atoms with Crippen molar-refractivity contribution in [3.05, 3.63) is 35.9 Å². The molecule has 150 valence electrons. The predicted molar refractivity (Wildman–Crippen MR) is 103 cm³/mol. The second-order valence-corrected chi connectivity index (χ2v) is 7.09. The van der Waals surface area contributed by atoms with Crippen LogP contribution in [0, 0.1) is 11.8 Å². The van der Waals surface area contributed by atoms with Gasteiger partial charge in [-0.3, -0.25) is 0 Å². The van der Waals surface area contributed by atoms with Crippen molar-refractivity contribution in [2.24, 2.45) is 11.8 Å². The molecular formula is C20H31N3O4. The summed E-state index contributed by atoms with van der Waals surface area (Å²) in [5, 5.41) is 9.65. The second-order valence-electron chi connectivity index (χ2n) is 7.09. The topological polar surface area (TPSA) is 80.9 Å². The van der Waals surface area contributed by atoms with E-state index in [4.69, 9.17) is 14.2 Å². The van der Waals surface area contributed by atoms with Crippen molar-refractivity contribution in [1.29, 1.82) is 0 Å². The Hall–Kier alpha value is -1.67. The van der Waals surface area contributed by atoms with Crippen molar-refractivity contribution in [3.8, 4) is 0 Å². The smallest absolute Gasteiger partial charge is 0.407 e. The first-order valence-corrected chi connectivity index (χ1v) is 9.87. The minimum Gasteiger partial charge on any atom is -0.445 e. The number of amides is 1. The summed E-state index contributed by atoms with van der Waals surface area (Å²) in [4.78, 5) is 11.5. The third-order valence-corrected chi connectivity index (χ3v) is 5.02. The molecule has 1 aromatic carbocycles. The standard InChI is InChI=1S/C20H31N3O4/c24-20(27-15-16-4-2-1-3-5-16)22-7-9-26-11-10-25-8-6-21-14-19-18-12-17(18)13-23-19/h1-5,17-19,21,23H,6-15H2,(H,22,24)/t17-,18?,19+/m0/s1. The van der Waals surface area contributed by atoms with Gasteiger partial charge in [-0.05, 0) is 30.4 Å². The van der Waals surface area contributed by atoms with Crippen molar-refractivity contribution < 1.29 is 19.0 Å². The van der Waals surface area contributed by atoms with Gasteiger partial charge in [0.25, 0.3) is 0 Å². The van der Waals surface area contributed by atoms with Crippen LogP contribution in [0.4, 0.5) is 4.79 Å². The average molecular weight is 377 g/mol. The molecule has 1 amide bonds. The van der Waals surface area contributed by atoms with Crippen molar-refractivity contribution in [2.75, 3.05) is 52.6 Å². The Morgan fingerprint density at radius 1 is 1.07 bits per heavy atom. The molecule has 27 heavy (non-hydrogen) atoms. The molecule has 3 N–H and O–H groups in total. The van der Waals surface area contributed by atoms with Crippen LogP contribution in [-0.2, 0) is 20.8 Å². The number of ether oxygens (including phenoxy) is 3. The van der Waals surface area contributed by atoms with E-state index in [1.54, 1.807) is 0 Å². The highest BCUT2D eigenvalue weighted by molar-refractivity contribution is 5.67. The Morgan fingerprint density at radius 3 is 2.56 bits per heavy atom. The highest BCUT2D eigenvalue weighted by atomic mass is 16.5. The van der Waals surface area contributed by atoms with Crippen molar-refractivity contribution >= 4 is 6.09 Å². The van der Waals surface area contributed by atoms with Crippen LogP contribution in [0.2, 0.25) is 0 Å². The lowest BCUT2D eigenvalue weighted by molar-refractivity contribution is 0.0491. The lowest BCUT2D eigenvalue weighted by Gasteiger charge is -2.14. The first kappa shape index (κ1) is 20.1. The molecular weight excluding hydrogens is 346 g/mol. The van der Waals surface area contributed by atoms with Gasteiger partial charge in [-0.15, -0.1) is 0 Å². The van der Waals surface area contributed by atoms with E-state index in [1.165, 1.54) is 13.0 Å². The molecule has 3 rings (SSSR count). The highest BCUT2D eigenvalue weighted by Gasteiger charge is 2.47. The van der Waals surface area contributed by atoms with E-state index in [9.17, 15) is 4.79 Å². The van der Waals surface area contributed by atoms with Crippen LogP contribution in [0.3, 0.4) is 0 Å². The van der Waals surface area contributed by atoms with Gasteiger partial charge in [-0.2, -0.15) is 0 Å². The number of rotatable bonds is 13. The molecule has 2 fully saturated rings. The Bertz CT molecular complexity index is 557. The van der Waals surface area contributed by atoms with Gasteiger partial charge in [0.1, 0.15) is 6.61 Å². The lowest BCUT2D eigenvalue weighted by atomic mass is 10.2. The third kappa shape index (κ3) is 7.46. The molecule has 1 aromatic rings. The van der Waals surface area contributed by atoms with Crippen LogP contribution in [0.1, 0.15) is 12.0 Å². The quantitative estimate of drug-likeness (QED) is 0.448. The Labute approximate surface area is 161 Å². The summed E-state index contributed by atoms with van der Waals surface area (Å²) in [7, 11) is 0. The molecule has 0 radical (unpaired) electrons. The lowest BCUT2D eigenvalue weighted by Crippen LogP contribution is -2.38.